The average molecular weight is 300 g/mol. The molecule has 1 aromatic carbocycles. The lowest BCUT2D eigenvalue weighted by Crippen LogP contribution is -2.48. The van der Waals surface area contributed by atoms with Gasteiger partial charge in [-0.25, -0.2) is 0 Å². The van der Waals surface area contributed by atoms with E-state index in [1.54, 1.807) is 19.1 Å². The Morgan fingerprint density at radius 2 is 2.06 bits per heavy atom. The van der Waals surface area contributed by atoms with Crippen LogP contribution in [0.3, 0.4) is 0 Å². The summed E-state index contributed by atoms with van der Waals surface area (Å²) in [5.74, 6) is 0.0686. The van der Waals surface area contributed by atoms with Crippen molar-refractivity contribution >= 4 is 21.8 Å². The van der Waals surface area contributed by atoms with Crippen molar-refractivity contribution in [3.63, 3.8) is 0 Å². The molecule has 2 N–H and O–H groups in total. The van der Waals surface area contributed by atoms with E-state index in [-0.39, 0.29) is 22.0 Å². The molecule has 1 aromatic rings. The van der Waals surface area contributed by atoms with Crippen LogP contribution in [0.1, 0.15) is 36.7 Å². The Kier molecular flexibility index (Phi) is 4.20. The highest BCUT2D eigenvalue weighted by molar-refractivity contribution is 9.09. The second-order valence-corrected chi connectivity index (χ2v) is 6.17. The number of phenols is 1. The average Bonchev–Trinajstić information content (AvgIpc) is 2.21. The predicted octanol–water partition coefficient (Wildman–Crippen LogP) is 2.99. The van der Waals surface area contributed by atoms with E-state index < -0.39 is 0 Å². The number of hydrogen-bond acceptors (Lipinski definition) is 2. The molecule has 0 saturated heterocycles. The lowest BCUT2D eigenvalue weighted by Gasteiger charge is -2.29. The Morgan fingerprint density at radius 1 is 1.47 bits per heavy atom. The SMILES string of the molecule is Cc1cc(C(=O)NC(C)(C)C(C)Br)ccc1O. The number of phenolic OH excluding ortho intramolecular Hbond substituents is 1. The number of nitrogens with one attached hydrogen (secondary N) is 1. The van der Waals surface area contributed by atoms with Gasteiger partial charge in [0.05, 0.1) is 0 Å². The molecular formula is C13H18BrNO2. The van der Waals surface area contributed by atoms with Crippen molar-refractivity contribution in [2.24, 2.45) is 0 Å². The second-order valence-electron chi connectivity index (χ2n) is 4.79. The van der Waals surface area contributed by atoms with Crippen molar-refractivity contribution < 1.29 is 9.90 Å². The molecule has 0 aliphatic carbocycles. The number of hydrogen-bond donors (Lipinski definition) is 2. The van der Waals surface area contributed by atoms with E-state index in [0.717, 1.165) is 0 Å². The van der Waals surface area contributed by atoms with E-state index in [1.807, 2.05) is 20.8 Å². The van der Waals surface area contributed by atoms with Gasteiger partial charge in [0.15, 0.2) is 0 Å². The molecule has 0 spiro atoms. The molecule has 0 radical (unpaired) electrons. The normalized spacial score (nSPS) is 13.2. The zero-order valence-electron chi connectivity index (χ0n) is 10.5. The van der Waals surface area contributed by atoms with Crippen molar-refractivity contribution in [1.82, 2.24) is 5.32 Å². The minimum atomic E-state index is -0.330. The molecule has 0 fully saturated rings. The third kappa shape index (κ3) is 3.46. The monoisotopic (exact) mass is 299 g/mol. The number of amides is 1. The van der Waals surface area contributed by atoms with Gasteiger partial charge in [-0.05, 0) is 44.5 Å². The third-order valence-electron chi connectivity index (χ3n) is 2.89. The zero-order chi connectivity index (χ0) is 13.2. The van der Waals surface area contributed by atoms with Crippen LogP contribution in [0.5, 0.6) is 5.75 Å². The lowest BCUT2D eigenvalue weighted by molar-refractivity contribution is 0.0914. The summed E-state index contributed by atoms with van der Waals surface area (Å²) in [7, 11) is 0. The Morgan fingerprint density at radius 3 is 2.53 bits per heavy atom. The molecule has 3 nitrogen and oxygen atoms in total. The van der Waals surface area contributed by atoms with Gasteiger partial charge in [0, 0.05) is 15.9 Å². The van der Waals surface area contributed by atoms with Crippen LogP contribution in [0.4, 0.5) is 0 Å². The Balaban J connectivity index is 2.87. The van der Waals surface area contributed by atoms with Gasteiger partial charge < -0.3 is 10.4 Å². The highest BCUT2D eigenvalue weighted by Crippen LogP contribution is 2.20. The molecule has 0 aliphatic rings. The van der Waals surface area contributed by atoms with Gasteiger partial charge >= 0.3 is 0 Å². The summed E-state index contributed by atoms with van der Waals surface area (Å²) >= 11 is 3.47. The summed E-state index contributed by atoms with van der Waals surface area (Å²) in [6.07, 6.45) is 0. The van der Waals surface area contributed by atoms with Crippen LogP contribution < -0.4 is 5.32 Å². The summed E-state index contributed by atoms with van der Waals surface area (Å²) in [5, 5.41) is 12.4. The fourth-order valence-electron chi connectivity index (χ4n) is 1.26. The molecule has 0 heterocycles. The summed E-state index contributed by atoms with van der Waals surface area (Å²) in [4.78, 5) is 12.2. The van der Waals surface area contributed by atoms with Crippen molar-refractivity contribution in [3.8, 4) is 5.75 Å². The number of rotatable bonds is 3. The number of aromatic hydroxyl groups is 1. The predicted molar refractivity (Wildman–Crippen MR) is 72.8 cm³/mol. The van der Waals surface area contributed by atoms with Gasteiger partial charge in [0.25, 0.3) is 5.91 Å². The topological polar surface area (TPSA) is 49.3 Å². The van der Waals surface area contributed by atoms with Crippen molar-refractivity contribution in [2.45, 2.75) is 38.1 Å². The summed E-state index contributed by atoms with van der Waals surface area (Å²) in [5.41, 5.74) is 0.923. The summed E-state index contributed by atoms with van der Waals surface area (Å²) in [6.45, 7) is 7.67. The fourth-order valence-corrected chi connectivity index (χ4v) is 1.38. The van der Waals surface area contributed by atoms with Crippen LogP contribution in [0.2, 0.25) is 0 Å². The zero-order valence-corrected chi connectivity index (χ0v) is 12.1. The number of alkyl halides is 1. The molecule has 1 amide bonds. The molecule has 1 unspecified atom stereocenters. The standard InChI is InChI=1S/C13H18BrNO2/c1-8-7-10(5-6-11(8)16)12(17)15-13(3,4)9(2)14/h5-7,9,16H,1-4H3,(H,15,17). The first kappa shape index (κ1) is 14.0. The van der Waals surface area contributed by atoms with Crippen LogP contribution in [0, 0.1) is 6.92 Å². The molecular weight excluding hydrogens is 282 g/mol. The molecule has 0 saturated carbocycles. The van der Waals surface area contributed by atoms with Crippen LogP contribution >= 0.6 is 15.9 Å². The van der Waals surface area contributed by atoms with E-state index in [0.29, 0.717) is 11.1 Å². The van der Waals surface area contributed by atoms with E-state index in [2.05, 4.69) is 21.2 Å². The number of benzene rings is 1. The summed E-state index contributed by atoms with van der Waals surface area (Å²) in [6, 6.07) is 4.83. The molecule has 1 atom stereocenters. The second kappa shape index (κ2) is 5.08. The van der Waals surface area contributed by atoms with Gasteiger partial charge in [-0.2, -0.15) is 0 Å². The first-order valence-electron chi connectivity index (χ1n) is 5.50. The highest BCUT2D eigenvalue weighted by atomic mass is 79.9. The minimum absolute atomic E-state index is 0.135. The van der Waals surface area contributed by atoms with Gasteiger partial charge in [-0.3, -0.25) is 4.79 Å². The number of halogens is 1. The van der Waals surface area contributed by atoms with Gasteiger partial charge in [-0.15, -0.1) is 0 Å². The third-order valence-corrected chi connectivity index (χ3v) is 4.03. The minimum Gasteiger partial charge on any atom is -0.508 e. The first-order chi connectivity index (χ1) is 7.74. The van der Waals surface area contributed by atoms with Crippen LogP contribution in [-0.4, -0.2) is 21.4 Å². The highest BCUT2D eigenvalue weighted by Gasteiger charge is 2.26. The van der Waals surface area contributed by atoms with Crippen LogP contribution in [-0.2, 0) is 0 Å². The molecule has 0 aromatic heterocycles. The van der Waals surface area contributed by atoms with E-state index in [1.165, 1.54) is 6.07 Å². The summed E-state index contributed by atoms with van der Waals surface area (Å²) < 4.78 is 0. The maximum Gasteiger partial charge on any atom is 0.251 e. The van der Waals surface area contributed by atoms with E-state index in [4.69, 9.17) is 0 Å². The first-order valence-corrected chi connectivity index (χ1v) is 6.42. The molecule has 4 heteroatoms. The molecule has 17 heavy (non-hydrogen) atoms. The molecule has 0 bridgehead atoms. The van der Waals surface area contributed by atoms with Crippen LogP contribution in [0.25, 0.3) is 0 Å². The van der Waals surface area contributed by atoms with Crippen molar-refractivity contribution in [2.75, 3.05) is 0 Å². The van der Waals surface area contributed by atoms with Crippen molar-refractivity contribution in [1.29, 1.82) is 0 Å². The number of aryl methyl sites for hydroxylation is 1. The van der Waals surface area contributed by atoms with Gasteiger partial charge in [-0.1, -0.05) is 22.9 Å². The Labute approximate surface area is 110 Å². The van der Waals surface area contributed by atoms with Crippen molar-refractivity contribution in [3.05, 3.63) is 29.3 Å². The van der Waals surface area contributed by atoms with Gasteiger partial charge in [0.2, 0.25) is 0 Å². The smallest absolute Gasteiger partial charge is 0.251 e. The fraction of sp³-hybridized carbons (Fsp3) is 0.462. The van der Waals surface area contributed by atoms with E-state index >= 15 is 0 Å². The quantitative estimate of drug-likeness (QED) is 0.843. The van der Waals surface area contributed by atoms with Crippen LogP contribution in [0.15, 0.2) is 18.2 Å². The number of carbonyl (C=O) groups excluding carboxylic acids is 1. The molecule has 94 valence electrons. The maximum atomic E-state index is 12.0. The molecule has 0 aliphatic heterocycles. The Hall–Kier alpha value is -1.03. The number of carbonyl (C=O) groups is 1. The molecule has 1 rings (SSSR count). The van der Waals surface area contributed by atoms with Gasteiger partial charge in [0.1, 0.15) is 5.75 Å². The largest absolute Gasteiger partial charge is 0.508 e. The van der Waals surface area contributed by atoms with E-state index in [9.17, 15) is 9.90 Å². The Bertz CT molecular complexity index is 427. The lowest BCUT2D eigenvalue weighted by atomic mass is 10.0. The maximum absolute atomic E-state index is 12.0.